The number of amides is 1. The number of carbonyl (C=O) groups is 2. The number of methoxy groups -OCH3 is 1. The minimum Gasteiger partial charge on any atom is -0.507 e. The highest BCUT2D eigenvalue weighted by Crippen LogP contribution is 2.42. The Bertz CT molecular complexity index is 2860. The van der Waals surface area contributed by atoms with E-state index in [1.807, 2.05) is 0 Å². The third-order valence-electron chi connectivity index (χ3n) is 13.7. The molecule has 360 valence electrons. The van der Waals surface area contributed by atoms with Gasteiger partial charge in [-0.3, -0.25) is 19.2 Å². The van der Waals surface area contributed by atoms with Crippen molar-refractivity contribution in [3.63, 3.8) is 0 Å². The first-order valence-electron chi connectivity index (χ1n) is 22.6. The molecule has 1 saturated heterocycles. The van der Waals surface area contributed by atoms with Gasteiger partial charge in [0.1, 0.15) is 34.6 Å². The predicted molar refractivity (Wildman–Crippen MR) is 251 cm³/mol. The second-order valence-electron chi connectivity index (χ2n) is 18.6. The first-order valence-corrected chi connectivity index (χ1v) is 22.6. The Labute approximate surface area is 387 Å². The lowest BCUT2D eigenvalue weighted by atomic mass is 9.78. The smallest absolute Gasteiger partial charge is 0.307 e. The highest BCUT2D eigenvalue weighted by Gasteiger charge is 2.44. The summed E-state index contributed by atoms with van der Waals surface area (Å²) in [6.45, 7) is 14.8. The van der Waals surface area contributed by atoms with Crippen molar-refractivity contribution >= 4 is 56.3 Å². The quantitative estimate of drug-likeness (QED) is 0.0973. The van der Waals surface area contributed by atoms with E-state index in [4.69, 9.17) is 33.1 Å². The molecule has 0 aliphatic carbocycles. The van der Waals surface area contributed by atoms with Crippen LogP contribution >= 0.6 is 0 Å². The van der Waals surface area contributed by atoms with Crippen LogP contribution in [0.15, 0.2) is 62.3 Å². The number of anilines is 1. The van der Waals surface area contributed by atoms with Crippen LogP contribution < -0.4 is 30.9 Å². The third-order valence-corrected chi connectivity index (χ3v) is 13.7. The molecule has 17 heteroatoms. The molecule has 3 aliphatic rings. The zero-order chi connectivity index (χ0) is 48.8. The Morgan fingerprint density at radius 3 is 2.34 bits per heavy atom. The van der Waals surface area contributed by atoms with E-state index in [9.17, 15) is 39.6 Å². The first kappa shape index (κ1) is 48.9. The predicted octanol–water partition coefficient (Wildman–Crippen LogP) is 5.28. The second kappa shape index (κ2) is 19.3. The Balaban J connectivity index is 1.44. The third kappa shape index (κ3) is 9.34. The molecule has 9 atom stereocenters. The Morgan fingerprint density at radius 1 is 0.970 bits per heavy atom. The Kier molecular flexibility index (Phi) is 14.1. The lowest BCUT2D eigenvalue weighted by Crippen LogP contribution is -2.46. The Hall–Kier alpha value is -6.01. The van der Waals surface area contributed by atoms with Gasteiger partial charge >= 0.3 is 11.8 Å². The molecule has 7 rings (SSSR count). The van der Waals surface area contributed by atoms with E-state index in [-0.39, 0.29) is 66.7 Å². The average Bonchev–Trinajstić information content (AvgIpc) is 3.56. The van der Waals surface area contributed by atoms with Crippen LogP contribution in [-0.2, 0) is 23.8 Å². The van der Waals surface area contributed by atoms with Crippen molar-refractivity contribution in [2.45, 2.75) is 98.4 Å². The highest BCUT2D eigenvalue weighted by molar-refractivity contribution is 6.16. The molecule has 17 nitrogen and oxygen atoms in total. The standard InChI is InChI=1S/C50H61N3O14/c1-23-12-11-13-24(2)49(61)52-40-44(59)36-35(39-47(40)66-34-21-31(20-32(55)38(34)51-39)63-22-30-14-17-53(9)18-15-30)37-46(28(6)43(36)58)67-50(8,48(37)60)64-19-16-33(62-10)25(3)45(65-29(7)54)27(5)42(57)26(4)41(23)56/h11-13,16,19-21,23,25-27,30,33,41-42,45,56-58,60H,14-15,17-18,22H2,1-10H3,(H,52,61)/b12-11+,19-16+,24-13-/t23-,25+,26+,27+,33-,41-,42+,45+,50-/m0/s1. The number of aromatic nitrogens is 1. The molecule has 0 spiro atoms. The van der Waals surface area contributed by atoms with Crippen molar-refractivity contribution in [2.24, 2.45) is 29.6 Å². The van der Waals surface area contributed by atoms with Crippen molar-refractivity contribution in [1.82, 2.24) is 9.88 Å². The number of allylic oxidation sites excluding steroid dienone is 2. The van der Waals surface area contributed by atoms with Crippen molar-refractivity contribution in [2.75, 3.05) is 39.2 Å². The number of hydrogen-bond acceptors (Lipinski definition) is 16. The van der Waals surface area contributed by atoms with Gasteiger partial charge in [-0.2, -0.15) is 0 Å². The van der Waals surface area contributed by atoms with Gasteiger partial charge in [-0.25, -0.2) is 4.98 Å². The molecule has 0 saturated carbocycles. The van der Waals surface area contributed by atoms with Crippen molar-refractivity contribution in [3.8, 4) is 17.2 Å². The van der Waals surface area contributed by atoms with Crippen LogP contribution in [0.4, 0.5) is 5.69 Å². The normalized spacial score (nSPS) is 29.9. The van der Waals surface area contributed by atoms with Gasteiger partial charge < -0.3 is 58.7 Å². The lowest BCUT2D eigenvalue weighted by molar-refractivity contribution is -0.160. The summed E-state index contributed by atoms with van der Waals surface area (Å²) in [6, 6.07) is 2.79. The molecule has 1 aromatic heterocycles. The van der Waals surface area contributed by atoms with Gasteiger partial charge in [0.05, 0.1) is 41.8 Å². The fraction of sp³-hybridized carbons (Fsp3) is 0.500. The summed E-state index contributed by atoms with van der Waals surface area (Å²) in [5.74, 6) is -6.51. The molecule has 1 fully saturated rings. The van der Waals surface area contributed by atoms with E-state index >= 15 is 0 Å². The number of esters is 1. The molecule has 4 bridgehead atoms. The minimum absolute atomic E-state index is 0.0464. The van der Waals surface area contributed by atoms with Crippen LogP contribution in [0.5, 0.6) is 17.2 Å². The van der Waals surface area contributed by atoms with E-state index in [2.05, 4.69) is 17.3 Å². The van der Waals surface area contributed by atoms with Gasteiger partial charge in [-0.05, 0) is 58.8 Å². The summed E-state index contributed by atoms with van der Waals surface area (Å²) in [4.78, 5) is 62.1. The number of nitrogens with one attached hydrogen (secondary N) is 1. The van der Waals surface area contributed by atoms with E-state index in [0.717, 1.165) is 25.9 Å². The molecule has 4 heterocycles. The fourth-order valence-electron chi connectivity index (χ4n) is 9.39. The number of carbonyl (C=O) groups excluding carboxylic acids is 2. The maximum Gasteiger partial charge on any atom is 0.307 e. The number of benzene rings is 3. The largest absolute Gasteiger partial charge is 0.507 e. The summed E-state index contributed by atoms with van der Waals surface area (Å²) in [5, 5.41) is 49.1. The summed E-state index contributed by atoms with van der Waals surface area (Å²) in [5.41, 5.74) is -2.32. The number of ether oxygens (including phenoxy) is 5. The maximum absolute atomic E-state index is 14.8. The molecular weight excluding hydrogens is 867 g/mol. The van der Waals surface area contributed by atoms with E-state index in [1.54, 1.807) is 39.8 Å². The summed E-state index contributed by atoms with van der Waals surface area (Å²) >= 11 is 0. The van der Waals surface area contributed by atoms with Gasteiger partial charge in [0.2, 0.25) is 10.9 Å². The average molecular weight is 928 g/mol. The molecule has 4 aromatic rings. The fourth-order valence-corrected chi connectivity index (χ4v) is 9.39. The number of hydrogen-bond donors (Lipinski definition) is 5. The number of rotatable bonds is 5. The zero-order valence-corrected chi connectivity index (χ0v) is 39.5. The minimum atomic E-state index is -1.99. The number of aliphatic hydroxyl groups excluding tert-OH is 3. The molecule has 3 aliphatic heterocycles. The number of aromatic hydroxyl groups is 1. The molecular formula is C50H61N3O14. The number of aliphatic hydroxyl groups is 3. The van der Waals surface area contributed by atoms with Gasteiger partial charge in [-0.15, -0.1) is 0 Å². The number of piperidine rings is 1. The van der Waals surface area contributed by atoms with Crippen LogP contribution in [-0.4, -0.2) is 106 Å². The first-order chi connectivity index (χ1) is 31.7. The van der Waals surface area contributed by atoms with E-state index in [1.165, 1.54) is 65.4 Å². The molecule has 0 radical (unpaired) electrons. The SMILES string of the molecule is CO[C@H]1/C=C/O[C@@]2(C)Oc3c(C)c(O)c4c(=O)c(c5oc6cc(OCC7CCN(C)CC7)cc(=O)c6nc5c4c3=C2O)NC(=O)/C(C)=C\C=C\[C@H](C)[C@H](O)[C@@H](C)[C@@H](O)[C@@H](C)[C@H](OC(C)=O)[C@@H]1C. The van der Waals surface area contributed by atoms with Gasteiger partial charge in [0.25, 0.3) is 5.91 Å². The van der Waals surface area contributed by atoms with Crippen LogP contribution in [0, 0.1) is 36.5 Å². The molecule has 1 amide bonds. The summed E-state index contributed by atoms with van der Waals surface area (Å²) in [7, 11) is 3.50. The second-order valence-corrected chi connectivity index (χ2v) is 18.6. The van der Waals surface area contributed by atoms with E-state index < -0.39 is 93.8 Å². The molecule has 5 N–H and O–H groups in total. The molecule has 0 unspecified atom stereocenters. The lowest BCUT2D eigenvalue weighted by Gasteiger charge is -2.38. The van der Waals surface area contributed by atoms with Crippen LogP contribution in [0.3, 0.4) is 0 Å². The van der Waals surface area contributed by atoms with E-state index in [0.29, 0.717) is 6.61 Å². The summed E-state index contributed by atoms with van der Waals surface area (Å²) < 4.78 is 36.5. The molecule has 67 heavy (non-hydrogen) atoms. The highest BCUT2D eigenvalue weighted by atomic mass is 16.7. The van der Waals surface area contributed by atoms with Crippen LogP contribution in [0.2, 0.25) is 0 Å². The Morgan fingerprint density at radius 2 is 1.67 bits per heavy atom. The van der Waals surface area contributed by atoms with Crippen molar-refractivity contribution in [3.05, 3.63) is 79.5 Å². The number of phenolic OH excluding ortho intramolecular Hbond substituents is 1. The van der Waals surface area contributed by atoms with Gasteiger partial charge in [0, 0.05) is 73.3 Å². The van der Waals surface area contributed by atoms with Crippen molar-refractivity contribution < 1.29 is 58.1 Å². The number of nitrogens with zero attached hydrogens (tertiary/aromatic N) is 2. The molecule has 3 aromatic carbocycles. The topological polar surface area (TPSA) is 237 Å². The monoisotopic (exact) mass is 927 g/mol. The number of fused-ring (bicyclic) bond motifs is 2. The van der Waals surface area contributed by atoms with Crippen LogP contribution in [0.1, 0.15) is 66.9 Å². The van der Waals surface area contributed by atoms with Crippen LogP contribution in [0.25, 0.3) is 38.7 Å². The van der Waals surface area contributed by atoms with Crippen molar-refractivity contribution in [1.29, 1.82) is 0 Å². The number of phenols is 1. The summed E-state index contributed by atoms with van der Waals surface area (Å²) in [6.07, 6.45) is 5.36. The maximum atomic E-state index is 14.8. The zero-order valence-electron chi connectivity index (χ0n) is 39.5. The van der Waals surface area contributed by atoms with Gasteiger partial charge in [-0.1, -0.05) is 45.9 Å². The van der Waals surface area contributed by atoms with Gasteiger partial charge in [0.15, 0.2) is 22.4 Å². The number of likely N-dealkylation sites (tertiary alicyclic amines) is 1.